The van der Waals surface area contributed by atoms with Crippen molar-refractivity contribution in [3.05, 3.63) is 101 Å². The van der Waals surface area contributed by atoms with Gasteiger partial charge in [0.05, 0.1) is 6.04 Å². The topological polar surface area (TPSA) is 42.0 Å². The molecule has 3 nitrogen and oxygen atoms in total. The van der Waals surface area contributed by atoms with Gasteiger partial charge < -0.3 is 5.32 Å². The lowest BCUT2D eigenvalue weighted by Crippen LogP contribution is -2.27. The number of carbonyl (C=O) groups excluding carboxylic acids is 1. The highest BCUT2D eigenvalue weighted by molar-refractivity contribution is 5.92. The van der Waals surface area contributed by atoms with Crippen LogP contribution in [0.2, 0.25) is 0 Å². The molecule has 0 bridgehead atoms. The van der Waals surface area contributed by atoms with E-state index in [4.69, 9.17) is 0 Å². The van der Waals surface area contributed by atoms with Crippen LogP contribution in [0.1, 0.15) is 40.1 Å². The summed E-state index contributed by atoms with van der Waals surface area (Å²) < 4.78 is 13.1. The van der Waals surface area contributed by atoms with Crippen molar-refractivity contribution < 1.29 is 9.18 Å². The van der Waals surface area contributed by atoms with Gasteiger partial charge in [-0.15, -0.1) is 0 Å². The normalized spacial score (nSPS) is 11.2. The maximum atomic E-state index is 13.1. The molecular weight excluding hydrogens is 327 g/mol. The van der Waals surface area contributed by atoms with Gasteiger partial charge in [0.2, 0.25) is 0 Å². The molecule has 1 heterocycles. The second-order valence-corrected chi connectivity index (χ2v) is 5.80. The molecule has 128 valence electrons. The van der Waals surface area contributed by atoms with Crippen molar-refractivity contribution in [2.75, 3.05) is 0 Å². The smallest absolute Gasteiger partial charge is 0.270 e. The first-order chi connectivity index (χ1) is 12.6. The minimum atomic E-state index is -0.325. The van der Waals surface area contributed by atoms with Gasteiger partial charge in [0, 0.05) is 17.3 Å². The van der Waals surface area contributed by atoms with Crippen molar-refractivity contribution in [2.45, 2.75) is 13.0 Å². The third-order valence-electron chi connectivity index (χ3n) is 3.82. The Morgan fingerprint density at radius 2 is 1.77 bits per heavy atom. The van der Waals surface area contributed by atoms with E-state index in [1.807, 2.05) is 37.3 Å². The summed E-state index contributed by atoms with van der Waals surface area (Å²) in [5, 5.41) is 2.92. The zero-order valence-electron chi connectivity index (χ0n) is 14.2. The average Bonchev–Trinajstić information content (AvgIpc) is 2.67. The molecule has 0 radical (unpaired) electrons. The summed E-state index contributed by atoms with van der Waals surface area (Å²) in [5.74, 6) is 5.21. The Morgan fingerprint density at radius 3 is 2.46 bits per heavy atom. The maximum absolute atomic E-state index is 13.1. The molecule has 4 heteroatoms. The largest absolute Gasteiger partial charge is 0.344 e. The molecule has 0 saturated heterocycles. The molecule has 1 atom stereocenters. The van der Waals surface area contributed by atoms with Crippen molar-refractivity contribution in [3.8, 4) is 11.8 Å². The van der Waals surface area contributed by atoms with Crippen LogP contribution >= 0.6 is 0 Å². The highest BCUT2D eigenvalue weighted by atomic mass is 19.1. The third-order valence-corrected chi connectivity index (χ3v) is 3.82. The quantitative estimate of drug-likeness (QED) is 0.727. The Hall–Kier alpha value is -3.45. The Kier molecular flexibility index (Phi) is 5.40. The summed E-state index contributed by atoms with van der Waals surface area (Å²) in [6.45, 7) is 1.92. The van der Waals surface area contributed by atoms with Crippen LogP contribution in [0.4, 0.5) is 4.39 Å². The summed E-state index contributed by atoms with van der Waals surface area (Å²) in [4.78, 5) is 16.5. The summed E-state index contributed by atoms with van der Waals surface area (Å²) in [7, 11) is 0. The minimum absolute atomic E-state index is 0.113. The molecule has 0 aliphatic carbocycles. The molecule has 0 fully saturated rings. The molecule has 0 aliphatic heterocycles. The molecule has 2 aromatic carbocycles. The van der Waals surface area contributed by atoms with Gasteiger partial charge in [-0.2, -0.15) is 0 Å². The van der Waals surface area contributed by atoms with Crippen molar-refractivity contribution >= 4 is 5.91 Å². The summed E-state index contributed by atoms with van der Waals surface area (Å²) in [6, 6.07) is 19.0. The van der Waals surface area contributed by atoms with E-state index >= 15 is 0 Å². The number of hydrogen-bond donors (Lipinski definition) is 1. The first-order valence-corrected chi connectivity index (χ1v) is 8.21. The van der Waals surface area contributed by atoms with Gasteiger partial charge in [0.15, 0.2) is 0 Å². The van der Waals surface area contributed by atoms with E-state index in [-0.39, 0.29) is 17.8 Å². The summed E-state index contributed by atoms with van der Waals surface area (Å²) in [6.07, 6.45) is 1.54. The van der Waals surface area contributed by atoms with E-state index in [0.29, 0.717) is 16.8 Å². The fourth-order valence-corrected chi connectivity index (χ4v) is 2.41. The number of amides is 1. The molecule has 0 aliphatic rings. The van der Waals surface area contributed by atoms with Crippen molar-refractivity contribution in [3.63, 3.8) is 0 Å². The van der Waals surface area contributed by atoms with Crippen LogP contribution in [0.25, 0.3) is 0 Å². The third kappa shape index (κ3) is 4.55. The number of nitrogens with one attached hydrogen (secondary N) is 1. The summed E-state index contributed by atoms with van der Waals surface area (Å²) >= 11 is 0. The molecule has 1 N–H and O–H groups in total. The predicted molar refractivity (Wildman–Crippen MR) is 98.9 cm³/mol. The fraction of sp³-hybridized carbons (Fsp3) is 0.0909. The molecule has 3 rings (SSSR count). The van der Waals surface area contributed by atoms with E-state index in [0.717, 1.165) is 5.56 Å². The number of pyridine rings is 1. The zero-order valence-corrected chi connectivity index (χ0v) is 14.2. The Balaban J connectivity index is 1.67. The highest BCUT2D eigenvalue weighted by Gasteiger charge is 2.12. The molecule has 0 spiro atoms. The molecule has 1 aromatic heterocycles. The second-order valence-electron chi connectivity index (χ2n) is 5.80. The van der Waals surface area contributed by atoms with E-state index < -0.39 is 0 Å². The lowest BCUT2D eigenvalue weighted by Gasteiger charge is -2.13. The molecule has 1 amide bonds. The Morgan fingerprint density at radius 1 is 1.00 bits per heavy atom. The van der Waals surface area contributed by atoms with E-state index in [2.05, 4.69) is 22.1 Å². The van der Waals surface area contributed by atoms with Crippen LogP contribution in [-0.4, -0.2) is 10.9 Å². The van der Waals surface area contributed by atoms with Gasteiger partial charge >= 0.3 is 0 Å². The number of hydrogen-bond acceptors (Lipinski definition) is 2. The van der Waals surface area contributed by atoms with Crippen LogP contribution < -0.4 is 5.32 Å². The van der Waals surface area contributed by atoms with Gasteiger partial charge in [-0.3, -0.25) is 4.79 Å². The standard InChI is InChI=1S/C22H17FN2O/c1-16(19-7-3-2-4-8-19)25-22(26)21-13-12-18(15-24-21)11-10-17-6-5-9-20(23)14-17/h2-9,12-16H,1H3,(H,25,26)/t16-/m1/s1. The van der Waals surface area contributed by atoms with Crippen molar-refractivity contribution in [2.24, 2.45) is 0 Å². The van der Waals surface area contributed by atoms with Gasteiger partial charge in [-0.1, -0.05) is 48.2 Å². The zero-order chi connectivity index (χ0) is 18.4. The Labute approximate surface area is 151 Å². The second kappa shape index (κ2) is 8.09. The van der Waals surface area contributed by atoms with Crippen LogP contribution in [0, 0.1) is 17.7 Å². The predicted octanol–water partition coefficient (Wildman–Crippen LogP) is 4.11. The SMILES string of the molecule is C[C@@H](NC(=O)c1ccc(C#Cc2cccc(F)c2)cn1)c1ccccc1. The number of nitrogens with zero attached hydrogens (tertiary/aromatic N) is 1. The number of carbonyl (C=O) groups is 1. The summed E-state index contributed by atoms with van der Waals surface area (Å²) in [5.41, 5.74) is 2.59. The molecule has 0 unspecified atom stereocenters. The van der Waals surface area contributed by atoms with Crippen molar-refractivity contribution in [1.82, 2.24) is 10.3 Å². The Bertz CT molecular complexity index is 957. The van der Waals surface area contributed by atoms with Crippen LogP contribution in [0.3, 0.4) is 0 Å². The first kappa shape index (κ1) is 17.4. The number of benzene rings is 2. The minimum Gasteiger partial charge on any atom is -0.344 e. The van der Waals surface area contributed by atoms with Crippen molar-refractivity contribution in [1.29, 1.82) is 0 Å². The van der Waals surface area contributed by atoms with Crippen LogP contribution in [-0.2, 0) is 0 Å². The first-order valence-electron chi connectivity index (χ1n) is 8.21. The molecule has 0 saturated carbocycles. The lowest BCUT2D eigenvalue weighted by atomic mass is 10.1. The number of aromatic nitrogens is 1. The van der Waals surface area contributed by atoms with Crippen LogP contribution in [0.15, 0.2) is 72.9 Å². The van der Waals surface area contributed by atoms with Gasteiger partial charge in [0.25, 0.3) is 5.91 Å². The lowest BCUT2D eigenvalue weighted by molar-refractivity contribution is 0.0935. The number of halogens is 1. The average molecular weight is 344 g/mol. The fourth-order valence-electron chi connectivity index (χ4n) is 2.41. The number of rotatable bonds is 3. The van der Waals surface area contributed by atoms with Gasteiger partial charge in [-0.25, -0.2) is 9.37 Å². The highest BCUT2D eigenvalue weighted by Crippen LogP contribution is 2.12. The van der Waals surface area contributed by atoms with Gasteiger partial charge in [0.1, 0.15) is 11.5 Å². The molecule has 3 aromatic rings. The van der Waals surface area contributed by atoms with Gasteiger partial charge in [-0.05, 0) is 42.8 Å². The maximum Gasteiger partial charge on any atom is 0.270 e. The van der Waals surface area contributed by atoms with Crippen LogP contribution in [0.5, 0.6) is 0 Å². The monoisotopic (exact) mass is 344 g/mol. The van der Waals surface area contributed by atoms with E-state index in [1.165, 1.54) is 18.3 Å². The molecular formula is C22H17FN2O. The van der Waals surface area contributed by atoms with E-state index in [1.54, 1.807) is 24.3 Å². The van der Waals surface area contributed by atoms with E-state index in [9.17, 15) is 9.18 Å². The molecule has 26 heavy (non-hydrogen) atoms.